The number of benzene rings is 1. The van der Waals surface area contributed by atoms with Crippen LogP contribution in [0.25, 0.3) is 0 Å². The fourth-order valence-corrected chi connectivity index (χ4v) is 2.03. The first-order valence-corrected chi connectivity index (χ1v) is 6.05. The minimum absolute atomic E-state index is 0.282. The Bertz CT molecular complexity index is 348. The summed E-state index contributed by atoms with van der Waals surface area (Å²) in [6.07, 6.45) is -1.34. The predicted molar refractivity (Wildman–Crippen MR) is 65.2 cm³/mol. The van der Waals surface area contributed by atoms with E-state index in [1.54, 1.807) is 19.1 Å². The second-order valence-corrected chi connectivity index (χ2v) is 4.45. The summed E-state index contributed by atoms with van der Waals surface area (Å²) >= 11 is 0. The molecule has 0 heterocycles. The molecular weight excluding hydrogens is 222 g/mol. The van der Waals surface area contributed by atoms with Crippen LogP contribution in [0.3, 0.4) is 0 Å². The Hall–Kier alpha value is -0.960. The molecule has 1 N–H and O–H groups in total. The SMILES string of the molecule is CCc1ccc(C(O)(CC)C(C)C(F)F)cc1. The van der Waals surface area contributed by atoms with Gasteiger partial charge in [-0.3, -0.25) is 0 Å². The first-order chi connectivity index (χ1) is 7.95. The lowest BCUT2D eigenvalue weighted by atomic mass is 9.80. The minimum atomic E-state index is -2.52. The highest BCUT2D eigenvalue weighted by atomic mass is 19.3. The molecule has 0 bridgehead atoms. The molecule has 1 aromatic rings. The summed E-state index contributed by atoms with van der Waals surface area (Å²) < 4.78 is 25.6. The van der Waals surface area contributed by atoms with E-state index in [9.17, 15) is 13.9 Å². The van der Waals surface area contributed by atoms with E-state index in [0.717, 1.165) is 12.0 Å². The molecule has 0 amide bonds. The molecule has 0 aliphatic rings. The van der Waals surface area contributed by atoms with Crippen molar-refractivity contribution in [1.29, 1.82) is 0 Å². The summed E-state index contributed by atoms with van der Waals surface area (Å²) in [4.78, 5) is 0. The summed E-state index contributed by atoms with van der Waals surface area (Å²) in [5, 5.41) is 10.4. The normalized spacial score (nSPS) is 16.9. The summed E-state index contributed by atoms with van der Waals surface area (Å²) in [6, 6.07) is 7.27. The van der Waals surface area contributed by atoms with Gasteiger partial charge >= 0.3 is 0 Å². The van der Waals surface area contributed by atoms with Crippen molar-refractivity contribution in [3.63, 3.8) is 0 Å². The molecular formula is C14H20F2O. The van der Waals surface area contributed by atoms with Gasteiger partial charge in [0, 0.05) is 0 Å². The van der Waals surface area contributed by atoms with Crippen molar-refractivity contribution < 1.29 is 13.9 Å². The summed E-state index contributed by atoms with van der Waals surface area (Å²) in [5.41, 5.74) is 0.266. The van der Waals surface area contributed by atoms with E-state index < -0.39 is 17.9 Å². The number of hydrogen-bond acceptors (Lipinski definition) is 1. The number of aryl methyl sites for hydroxylation is 1. The highest BCUT2D eigenvalue weighted by Crippen LogP contribution is 2.36. The average Bonchev–Trinajstić information content (AvgIpc) is 2.36. The van der Waals surface area contributed by atoms with Crippen LogP contribution >= 0.6 is 0 Å². The Kier molecular flexibility index (Phi) is 4.63. The molecule has 2 atom stereocenters. The van der Waals surface area contributed by atoms with Crippen LogP contribution in [-0.4, -0.2) is 11.5 Å². The lowest BCUT2D eigenvalue weighted by Crippen LogP contribution is -2.36. The van der Waals surface area contributed by atoms with Gasteiger partial charge in [-0.05, 0) is 24.0 Å². The Balaban J connectivity index is 3.06. The van der Waals surface area contributed by atoms with Crippen molar-refractivity contribution in [2.75, 3.05) is 0 Å². The molecule has 0 aliphatic heterocycles. The number of alkyl halides is 2. The van der Waals surface area contributed by atoms with Crippen LogP contribution in [0.1, 0.15) is 38.3 Å². The summed E-state index contributed by atoms with van der Waals surface area (Å²) in [6.45, 7) is 5.15. The first-order valence-electron chi connectivity index (χ1n) is 6.05. The Morgan fingerprint density at radius 2 is 1.71 bits per heavy atom. The molecule has 3 heteroatoms. The van der Waals surface area contributed by atoms with Crippen molar-refractivity contribution in [3.05, 3.63) is 35.4 Å². The van der Waals surface area contributed by atoms with E-state index in [-0.39, 0.29) is 6.42 Å². The lowest BCUT2D eigenvalue weighted by molar-refractivity contribution is -0.0847. The first kappa shape index (κ1) is 14.1. The van der Waals surface area contributed by atoms with E-state index >= 15 is 0 Å². The number of rotatable bonds is 5. The molecule has 1 rings (SSSR count). The third kappa shape index (κ3) is 2.83. The van der Waals surface area contributed by atoms with Gasteiger partial charge in [0.2, 0.25) is 6.43 Å². The van der Waals surface area contributed by atoms with Crippen LogP contribution in [0.2, 0.25) is 0 Å². The fraction of sp³-hybridized carbons (Fsp3) is 0.571. The maximum absolute atomic E-state index is 12.8. The van der Waals surface area contributed by atoms with E-state index in [1.165, 1.54) is 6.92 Å². The van der Waals surface area contributed by atoms with E-state index in [2.05, 4.69) is 0 Å². The van der Waals surface area contributed by atoms with Gasteiger partial charge in [0.05, 0.1) is 11.5 Å². The quantitative estimate of drug-likeness (QED) is 0.833. The molecule has 0 spiro atoms. The van der Waals surface area contributed by atoms with E-state index in [1.807, 2.05) is 19.1 Å². The Morgan fingerprint density at radius 3 is 2.06 bits per heavy atom. The van der Waals surface area contributed by atoms with Crippen molar-refractivity contribution in [2.45, 2.75) is 45.6 Å². The standard InChI is InChI=1S/C14H20F2O/c1-4-11-6-8-12(9-7-11)14(17,5-2)10(3)13(15)16/h6-10,13,17H,4-5H2,1-3H3. The van der Waals surface area contributed by atoms with Crippen molar-refractivity contribution in [3.8, 4) is 0 Å². The highest BCUT2D eigenvalue weighted by Gasteiger charge is 2.39. The van der Waals surface area contributed by atoms with Crippen molar-refractivity contribution in [2.24, 2.45) is 5.92 Å². The topological polar surface area (TPSA) is 20.2 Å². The molecule has 17 heavy (non-hydrogen) atoms. The zero-order valence-corrected chi connectivity index (χ0v) is 10.6. The maximum atomic E-state index is 12.8. The van der Waals surface area contributed by atoms with Gasteiger partial charge in [0.25, 0.3) is 0 Å². The predicted octanol–water partition coefficient (Wildman–Crippen LogP) is 3.75. The van der Waals surface area contributed by atoms with Crippen molar-refractivity contribution >= 4 is 0 Å². The van der Waals surface area contributed by atoms with Gasteiger partial charge in [0.1, 0.15) is 0 Å². The van der Waals surface area contributed by atoms with E-state index in [0.29, 0.717) is 5.56 Å². The lowest BCUT2D eigenvalue weighted by Gasteiger charge is -2.33. The molecule has 0 aliphatic carbocycles. The zero-order chi connectivity index (χ0) is 13.1. The molecule has 0 radical (unpaired) electrons. The molecule has 2 unspecified atom stereocenters. The fourth-order valence-electron chi connectivity index (χ4n) is 2.03. The molecule has 1 nitrogen and oxygen atoms in total. The van der Waals surface area contributed by atoms with E-state index in [4.69, 9.17) is 0 Å². The van der Waals surface area contributed by atoms with Gasteiger partial charge in [-0.2, -0.15) is 0 Å². The van der Waals surface area contributed by atoms with Crippen LogP contribution in [0, 0.1) is 5.92 Å². The van der Waals surface area contributed by atoms with Crippen molar-refractivity contribution in [1.82, 2.24) is 0 Å². The van der Waals surface area contributed by atoms with Crippen LogP contribution < -0.4 is 0 Å². The molecule has 1 aromatic carbocycles. The summed E-state index contributed by atoms with van der Waals surface area (Å²) in [7, 11) is 0. The Labute approximate surface area is 101 Å². The second kappa shape index (κ2) is 5.58. The monoisotopic (exact) mass is 242 g/mol. The molecule has 0 saturated heterocycles. The number of halogens is 2. The van der Waals surface area contributed by atoms with Gasteiger partial charge < -0.3 is 5.11 Å². The van der Waals surface area contributed by atoms with Crippen LogP contribution in [-0.2, 0) is 12.0 Å². The van der Waals surface area contributed by atoms with Gasteiger partial charge in [-0.15, -0.1) is 0 Å². The maximum Gasteiger partial charge on any atom is 0.244 e. The number of aliphatic hydroxyl groups is 1. The third-order valence-electron chi connectivity index (χ3n) is 3.53. The molecule has 0 saturated carbocycles. The molecule has 96 valence electrons. The van der Waals surface area contributed by atoms with Gasteiger partial charge in [-0.25, -0.2) is 8.78 Å². The second-order valence-electron chi connectivity index (χ2n) is 4.45. The minimum Gasteiger partial charge on any atom is -0.385 e. The van der Waals surface area contributed by atoms with Crippen LogP contribution in [0.15, 0.2) is 24.3 Å². The van der Waals surface area contributed by atoms with Crippen LogP contribution in [0.5, 0.6) is 0 Å². The average molecular weight is 242 g/mol. The van der Waals surface area contributed by atoms with Gasteiger partial charge in [0.15, 0.2) is 0 Å². The smallest absolute Gasteiger partial charge is 0.244 e. The third-order valence-corrected chi connectivity index (χ3v) is 3.53. The van der Waals surface area contributed by atoms with Crippen LogP contribution in [0.4, 0.5) is 8.78 Å². The molecule has 0 aromatic heterocycles. The number of hydrogen-bond donors (Lipinski definition) is 1. The highest BCUT2D eigenvalue weighted by molar-refractivity contribution is 5.28. The molecule has 0 fully saturated rings. The zero-order valence-electron chi connectivity index (χ0n) is 10.6. The Morgan fingerprint density at radius 1 is 1.18 bits per heavy atom. The van der Waals surface area contributed by atoms with Gasteiger partial charge in [-0.1, -0.05) is 45.0 Å². The largest absolute Gasteiger partial charge is 0.385 e. The summed E-state index contributed by atoms with van der Waals surface area (Å²) in [5.74, 6) is -1.07.